The number of rotatable bonds is 0. The largest absolute Gasteiger partial charge is 0.381 e. The smallest absolute Gasteiger partial charge is 0.0773 e. The topological polar surface area (TPSA) is 18.5 Å². The van der Waals surface area contributed by atoms with Crippen molar-refractivity contribution < 1.29 is 9.47 Å². The molecule has 2 aliphatic heterocycles. The van der Waals surface area contributed by atoms with E-state index in [1.165, 1.54) is 0 Å². The van der Waals surface area contributed by atoms with E-state index in [0.29, 0.717) is 0 Å². The van der Waals surface area contributed by atoms with Crippen molar-refractivity contribution in [3.05, 3.63) is 0 Å². The summed E-state index contributed by atoms with van der Waals surface area (Å²) in [5.41, 5.74) is 0.234. The maximum Gasteiger partial charge on any atom is 0.0773 e. The summed E-state index contributed by atoms with van der Waals surface area (Å²) in [6, 6.07) is 0. The van der Waals surface area contributed by atoms with Crippen LogP contribution in [0.3, 0.4) is 0 Å². The van der Waals surface area contributed by atoms with Crippen LogP contribution >= 0.6 is 0 Å². The van der Waals surface area contributed by atoms with Crippen LogP contribution in [0.15, 0.2) is 0 Å². The van der Waals surface area contributed by atoms with E-state index >= 15 is 0 Å². The van der Waals surface area contributed by atoms with Crippen molar-refractivity contribution >= 4 is 0 Å². The molecule has 0 saturated carbocycles. The second-order valence-corrected chi connectivity index (χ2v) is 3.39. The lowest BCUT2D eigenvalue weighted by Gasteiger charge is -2.50. The summed E-state index contributed by atoms with van der Waals surface area (Å²) in [6.07, 6.45) is 2.21. The Labute approximate surface area is 89.0 Å². The first-order chi connectivity index (χ1) is 6.83. The van der Waals surface area contributed by atoms with Crippen LogP contribution in [0.1, 0.15) is 47.5 Å². The van der Waals surface area contributed by atoms with Gasteiger partial charge < -0.3 is 9.47 Å². The molecule has 2 aliphatic rings. The Morgan fingerprint density at radius 3 is 1.71 bits per heavy atom. The monoisotopic (exact) mass is 202 g/mol. The Bertz CT molecular complexity index is 128. The Morgan fingerprint density at radius 1 is 1.00 bits per heavy atom. The summed E-state index contributed by atoms with van der Waals surface area (Å²) in [4.78, 5) is 0. The number of ether oxygens (including phenoxy) is 2. The highest BCUT2D eigenvalue weighted by molar-refractivity contribution is 4.94. The second-order valence-electron chi connectivity index (χ2n) is 3.39. The molecule has 0 radical (unpaired) electrons. The van der Waals surface area contributed by atoms with Crippen LogP contribution in [0.4, 0.5) is 0 Å². The van der Waals surface area contributed by atoms with Crippen LogP contribution in [-0.2, 0) is 9.47 Å². The van der Waals surface area contributed by atoms with E-state index in [4.69, 9.17) is 9.47 Å². The molecule has 1 spiro atoms. The van der Waals surface area contributed by atoms with E-state index in [9.17, 15) is 0 Å². The van der Waals surface area contributed by atoms with Gasteiger partial charge in [-0.3, -0.25) is 0 Å². The molecule has 0 amide bonds. The Hall–Kier alpha value is -0.0800. The molecule has 2 heterocycles. The zero-order valence-corrected chi connectivity index (χ0v) is 10.4. The van der Waals surface area contributed by atoms with Gasteiger partial charge >= 0.3 is 0 Å². The van der Waals surface area contributed by atoms with Crippen molar-refractivity contribution in [1.29, 1.82) is 0 Å². The quantitative estimate of drug-likeness (QED) is 0.600. The van der Waals surface area contributed by atoms with Gasteiger partial charge in [-0.2, -0.15) is 0 Å². The van der Waals surface area contributed by atoms with Crippen LogP contribution in [0.25, 0.3) is 0 Å². The SMILES string of the molecule is CC.CC.CC1COC12CCOCC2. The Morgan fingerprint density at radius 2 is 1.50 bits per heavy atom. The van der Waals surface area contributed by atoms with Gasteiger partial charge in [0.15, 0.2) is 0 Å². The van der Waals surface area contributed by atoms with Crippen molar-refractivity contribution in [1.82, 2.24) is 0 Å². The fraction of sp³-hybridized carbons (Fsp3) is 1.00. The van der Waals surface area contributed by atoms with Crippen molar-refractivity contribution in [3.63, 3.8) is 0 Å². The van der Waals surface area contributed by atoms with Gasteiger partial charge in [-0.15, -0.1) is 0 Å². The molecule has 0 aromatic heterocycles. The third-order valence-corrected chi connectivity index (χ3v) is 2.86. The van der Waals surface area contributed by atoms with Gasteiger partial charge in [-0.25, -0.2) is 0 Å². The highest BCUT2D eigenvalue weighted by Gasteiger charge is 2.46. The number of hydrogen-bond acceptors (Lipinski definition) is 2. The van der Waals surface area contributed by atoms with E-state index in [2.05, 4.69) is 6.92 Å². The molecule has 0 N–H and O–H groups in total. The minimum Gasteiger partial charge on any atom is -0.381 e. The molecule has 2 rings (SSSR count). The average molecular weight is 202 g/mol. The molecule has 86 valence electrons. The van der Waals surface area contributed by atoms with Crippen molar-refractivity contribution in [2.75, 3.05) is 19.8 Å². The number of hydrogen-bond donors (Lipinski definition) is 0. The van der Waals surface area contributed by atoms with Crippen LogP contribution in [0, 0.1) is 5.92 Å². The summed E-state index contributed by atoms with van der Waals surface area (Å²) in [6.45, 7) is 13.0. The molecule has 2 fully saturated rings. The van der Waals surface area contributed by atoms with Crippen molar-refractivity contribution in [2.45, 2.75) is 53.1 Å². The van der Waals surface area contributed by atoms with Gasteiger partial charge in [0.05, 0.1) is 12.2 Å². The molecule has 2 nitrogen and oxygen atoms in total. The van der Waals surface area contributed by atoms with Crippen molar-refractivity contribution in [2.24, 2.45) is 5.92 Å². The van der Waals surface area contributed by atoms with Crippen molar-refractivity contribution in [3.8, 4) is 0 Å². The molecule has 2 saturated heterocycles. The van der Waals surface area contributed by atoms with Gasteiger partial charge in [0.1, 0.15) is 0 Å². The first-order valence-electron chi connectivity index (χ1n) is 6.05. The van der Waals surface area contributed by atoms with Gasteiger partial charge in [0, 0.05) is 32.0 Å². The minimum absolute atomic E-state index is 0.234. The summed E-state index contributed by atoms with van der Waals surface area (Å²) < 4.78 is 10.9. The summed E-state index contributed by atoms with van der Waals surface area (Å²) in [5, 5.41) is 0. The minimum atomic E-state index is 0.234. The second kappa shape index (κ2) is 7.24. The first-order valence-corrected chi connectivity index (χ1v) is 6.05. The van der Waals surface area contributed by atoms with Crippen LogP contribution in [-0.4, -0.2) is 25.4 Å². The van der Waals surface area contributed by atoms with E-state index in [1.54, 1.807) is 0 Å². The molecule has 1 atom stereocenters. The molecule has 14 heavy (non-hydrogen) atoms. The van der Waals surface area contributed by atoms with Crippen LogP contribution in [0.5, 0.6) is 0 Å². The predicted octanol–water partition coefficient (Wildman–Crippen LogP) is 3.25. The van der Waals surface area contributed by atoms with Gasteiger partial charge in [-0.05, 0) is 0 Å². The molecular formula is C12H26O2. The first kappa shape index (κ1) is 13.9. The standard InChI is InChI=1S/C8H14O2.2C2H6/c1-7-6-10-8(7)2-4-9-5-3-8;2*1-2/h7H,2-6H2,1H3;2*1-2H3. The Kier molecular flexibility index (Phi) is 7.20. The lowest BCUT2D eigenvalue weighted by molar-refractivity contribution is -0.231. The normalized spacial score (nSPS) is 27.6. The van der Waals surface area contributed by atoms with E-state index < -0.39 is 0 Å². The maximum absolute atomic E-state index is 5.59. The molecule has 0 bridgehead atoms. The fourth-order valence-corrected chi connectivity index (χ4v) is 1.84. The molecule has 1 unspecified atom stereocenters. The lowest BCUT2D eigenvalue weighted by Crippen LogP contribution is -2.55. The van der Waals surface area contributed by atoms with Gasteiger partial charge in [-0.1, -0.05) is 34.6 Å². The predicted molar refractivity (Wildman–Crippen MR) is 60.6 cm³/mol. The highest BCUT2D eigenvalue weighted by atomic mass is 16.5. The summed E-state index contributed by atoms with van der Waals surface area (Å²) in [5.74, 6) is 0.761. The maximum atomic E-state index is 5.59. The average Bonchev–Trinajstić information content (AvgIpc) is 2.33. The van der Waals surface area contributed by atoms with E-state index in [0.717, 1.165) is 38.6 Å². The molecule has 0 aliphatic carbocycles. The molecule has 0 aromatic rings. The third kappa shape index (κ3) is 2.96. The molecule has 0 aromatic carbocycles. The van der Waals surface area contributed by atoms with E-state index in [-0.39, 0.29) is 5.60 Å². The zero-order chi connectivity index (χ0) is 11.0. The fourth-order valence-electron chi connectivity index (χ4n) is 1.84. The summed E-state index contributed by atoms with van der Waals surface area (Å²) in [7, 11) is 0. The zero-order valence-electron chi connectivity index (χ0n) is 10.4. The lowest BCUT2D eigenvalue weighted by atomic mass is 9.78. The van der Waals surface area contributed by atoms with Gasteiger partial charge in [0.2, 0.25) is 0 Å². The summed E-state index contributed by atoms with van der Waals surface area (Å²) >= 11 is 0. The Balaban J connectivity index is 0.000000379. The van der Waals surface area contributed by atoms with Crippen LogP contribution in [0.2, 0.25) is 0 Å². The molecular weight excluding hydrogens is 176 g/mol. The third-order valence-electron chi connectivity index (χ3n) is 2.86. The highest BCUT2D eigenvalue weighted by Crippen LogP contribution is 2.40. The van der Waals surface area contributed by atoms with Crippen LogP contribution < -0.4 is 0 Å². The van der Waals surface area contributed by atoms with Gasteiger partial charge in [0.25, 0.3) is 0 Å². The van der Waals surface area contributed by atoms with E-state index in [1.807, 2.05) is 27.7 Å². The molecule has 2 heteroatoms.